The van der Waals surface area contributed by atoms with E-state index in [1.807, 2.05) is 0 Å². The number of halogens is 2. The van der Waals surface area contributed by atoms with Crippen LogP contribution in [0.25, 0.3) is 0 Å². The van der Waals surface area contributed by atoms with Crippen LogP contribution in [0.2, 0.25) is 5.02 Å². The highest BCUT2D eigenvalue weighted by Gasteiger charge is 2.24. The average Bonchev–Trinajstić information content (AvgIpc) is 2.40. The van der Waals surface area contributed by atoms with Gasteiger partial charge in [0, 0.05) is 42.8 Å². The molecule has 0 radical (unpaired) electrons. The molecule has 100 valence electrons. The molecule has 0 spiro atoms. The van der Waals surface area contributed by atoms with Crippen molar-refractivity contribution < 1.29 is 9.50 Å². The van der Waals surface area contributed by atoms with Gasteiger partial charge >= 0.3 is 0 Å². The van der Waals surface area contributed by atoms with Crippen molar-refractivity contribution in [1.82, 2.24) is 10.2 Å². The Morgan fingerprint density at radius 3 is 2.78 bits per heavy atom. The van der Waals surface area contributed by atoms with Gasteiger partial charge in [0.1, 0.15) is 5.75 Å². The summed E-state index contributed by atoms with van der Waals surface area (Å²) in [7, 11) is 0. The van der Waals surface area contributed by atoms with Crippen LogP contribution in [0.5, 0.6) is 5.75 Å². The SMILES string of the molecule is Oc1ccc(Cl)cc1[C@H](CCF)N1CCNCC1. The summed E-state index contributed by atoms with van der Waals surface area (Å²) in [4.78, 5) is 2.20. The van der Waals surface area contributed by atoms with Crippen molar-refractivity contribution in [3.63, 3.8) is 0 Å². The van der Waals surface area contributed by atoms with E-state index in [0.717, 1.165) is 31.7 Å². The summed E-state index contributed by atoms with van der Waals surface area (Å²) in [5, 5.41) is 13.8. The molecule has 1 aliphatic heterocycles. The van der Waals surface area contributed by atoms with Crippen molar-refractivity contribution in [2.24, 2.45) is 0 Å². The van der Waals surface area contributed by atoms with Crippen LogP contribution in [0.15, 0.2) is 18.2 Å². The van der Waals surface area contributed by atoms with E-state index in [0.29, 0.717) is 11.4 Å². The highest BCUT2D eigenvalue weighted by molar-refractivity contribution is 6.30. The Balaban J connectivity index is 2.24. The quantitative estimate of drug-likeness (QED) is 0.883. The van der Waals surface area contributed by atoms with Gasteiger partial charge in [0.2, 0.25) is 0 Å². The fraction of sp³-hybridized carbons (Fsp3) is 0.538. The maximum atomic E-state index is 12.8. The van der Waals surface area contributed by atoms with Crippen molar-refractivity contribution in [2.45, 2.75) is 12.5 Å². The summed E-state index contributed by atoms with van der Waals surface area (Å²) in [6.07, 6.45) is 0.383. The molecule has 1 fully saturated rings. The lowest BCUT2D eigenvalue weighted by molar-refractivity contribution is 0.155. The van der Waals surface area contributed by atoms with E-state index in [1.54, 1.807) is 18.2 Å². The van der Waals surface area contributed by atoms with E-state index in [4.69, 9.17) is 11.6 Å². The van der Waals surface area contributed by atoms with Crippen LogP contribution in [0.4, 0.5) is 4.39 Å². The zero-order valence-corrected chi connectivity index (χ0v) is 11.0. The number of hydrogen-bond acceptors (Lipinski definition) is 3. The van der Waals surface area contributed by atoms with Gasteiger partial charge in [-0.1, -0.05) is 11.6 Å². The van der Waals surface area contributed by atoms with E-state index in [1.165, 1.54) is 0 Å². The van der Waals surface area contributed by atoms with Gasteiger partial charge in [-0.15, -0.1) is 0 Å². The van der Waals surface area contributed by atoms with Gasteiger partial charge in [-0.25, -0.2) is 0 Å². The fourth-order valence-corrected chi connectivity index (χ4v) is 2.60. The first-order chi connectivity index (χ1) is 8.72. The van der Waals surface area contributed by atoms with Crippen LogP contribution in [-0.4, -0.2) is 42.9 Å². The topological polar surface area (TPSA) is 35.5 Å². The van der Waals surface area contributed by atoms with Gasteiger partial charge in [0.25, 0.3) is 0 Å². The van der Waals surface area contributed by atoms with Crippen molar-refractivity contribution in [1.29, 1.82) is 0 Å². The first-order valence-electron chi connectivity index (χ1n) is 6.21. The molecule has 0 saturated carbocycles. The minimum absolute atomic E-state index is 0.101. The third-order valence-corrected chi connectivity index (χ3v) is 3.56. The number of benzene rings is 1. The molecule has 1 atom stereocenters. The number of aromatic hydroxyl groups is 1. The molecule has 1 saturated heterocycles. The van der Waals surface area contributed by atoms with E-state index < -0.39 is 6.67 Å². The summed E-state index contributed by atoms with van der Waals surface area (Å²) in [5.74, 6) is 0.191. The van der Waals surface area contributed by atoms with Gasteiger partial charge in [0.15, 0.2) is 0 Å². The normalized spacial score (nSPS) is 18.8. The van der Waals surface area contributed by atoms with Gasteiger partial charge in [-0.2, -0.15) is 0 Å². The molecule has 3 nitrogen and oxygen atoms in total. The predicted octanol–water partition coefficient (Wildman–Crippen LogP) is 2.35. The summed E-state index contributed by atoms with van der Waals surface area (Å²) < 4.78 is 12.8. The van der Waals surface area contributed by atoms with Crippen molar-refractivity contribution in [2.75, 3.05) is 32.9 Å². The number of phenolic OH excluding ortho intramolecular Hbond substituents is 1. The maximum absolute atomic E-state index is 12.8. The largest absolute Gasteiger partial charge is 0.508 e. The van der Waals surface area contributed by atoms with E-state index in [-0.39, 0.29) is 11.8 Å². The van der Waals surface area contributed by atoms with Crippen LogP contribution in [0.1, 0.15) is 18.0 Å². The molecule has 1 aliphatic rings. The fourth-order valence-electron chi connectivity index (χ4n) is 2.42. The zero-order valence-electron chi connectivity index (χ0n) is 10.2. The third kappa shape index (κ3) is 3.13. The highest BCUT2D eigenvalue weighted by atomic mass is 35.5. The minimum Gasteiger partial charge on any atom is -0.508 e. The lowest BCUT2D eigenvalue weighted by Crippen LogP contribution is -2.45. The summed E-state index contributed by atoms with van der Waals surface area (Å²) in [6, 6.07) is 4.85. The van der Waals surface area contributed by atoms with E-state index >= 15 is 0 Å². The van der Waals surface area contributed by atoms with Crippen LogP contribution in [-0.2, 0) is 0 Å². The number of hydrogen-bond donors (Lipinski definition) is 2. The van der Waals surface area contributed by atoms with Crippen molar-refractivity contribution in [3.05, 3.63) is 28.8 Å². The third-order valence-electron chi connectivity index (χ3n) is 3.32. The van der Waals surface area contributed by atoms with Crippen LogP contribution < -0.4 is 5.32 Å². The smallest absolute Gasteiger partial charge is 0.120 e. The molecule has 0 aliphatic carbocycles. The Bertz CT molecular complexity index is 397. The Morgan fingerprint density at radius 1 is 1.39 bits per heavy atom. The van der Waals surface area contributed by atoms with Gasteiger partial charge in [0.05, 0.1) is 6.67 Å². The number of nitrogens with zero attached hydrogens (tertiary/aromatic N) is 1. The number of nitrogens with one attached hydrogen (secondary N) is 1. The van der Waals surface area contributed by atoms with Gasteiger partial charge in [-0.3, -0.25) is 9.29 Å². The Morgan fingerprint density at radius 2 is 2.11 bits per heavy atom. The molecule has 2 rings (SSSR count). The number of piperazine rings is 1. The summed E-state index contributed by atoms with van der Waals surface area (Å²) in [6.45, 7) is 3.10. The van der Waals surface area contributed by atoms with Crippen LogP contribution in [0.3, 0.4) is 0 Å². The molecule has 0 unspecified atom stereocenters. The van der Waals surface area contributed by atoms with Crippen LogP contribution >= 0.6 is 11.6 Å². The lowest BCUT2D eigenvalue weighted by atomic mass is 10.0. The Hall–Kier alpha value is -0.840. The average molecular weight is 273 g/mol. The molecule has 18 heavy (non-hydrogen) atoms. The monoisotopic (exact) mass is 272 g/mol. The second-order valence-electron chi connectivity index (χ2n) is 4.48. The predicted molar refractivity (Wildman–Crippen MR) is 70.9 cm³/mol. The molecule has 0 amide bonds. The molecule has 1 aromatic rings. The highest BCUT2D eigenvalue weighted by Crippen LogP contribution is 2.33. The summed E-state index contributed by atoms with van der Waals surface area (Å²) in [5.41, 5.74) is 0.724. The molecular formula is C13H18ClFN2O. The Kier molecular flexibility index (Phi) is 4.80. The number of phenols is 1. The van der Waals surface area contributed by atoms with Crippen molar-refractivity contribution in [3.8, 4) is 5.75 Å². The zero-order chi connectivity index (χ0) is 13.0. The summed E-state index contributed by atoms with van der Waals surface area (Å²) >= 11 is 5.96. The molecule has 0 aromatic heterocycles. The van der Waals surface area contributed by atoms with Crippen molar-refractivity contribution >= 4 is 11.6 Å². The Labute approximate surface area is 112 Å². The van der Waals surface area contributed by atoms with E-state index in [9.17, 15) is 9.50 Å². The molecular weight excluding hydrogens is 255 g/mol. The first-order valence-corrected chi connectivity index (χ1v) is 6.59. The maximum Gasteiger partial charge on any atom is 0.120 e. The number of alkyl halides is 1. The standard InChI is InChI=1S/C13H18ClFN2O/c14-10-1-2-13(18)11(9-10)12(3-4-15)17-7-5-16-6-8-17/h1-2,9,12,16,18H,3-8H2/t12-/m0/s1. The molecule has 0 bridgehead atoms. The molecule has 1 aromatic carbocycles. The minimum atomic E-state index is -0.402. The second kappa shape index (κ2) is 6.36. The first kappa shape index (κ1) is 13.6. The molecule has 1 heterocycles. The number of rotatable bonds is 4. The van der Waals surface area contributed by atoms with Gasteiger partial charge < -0.3 is 10.4 Å². The molecule has 2 N–H and O–H groups in total. The molecule has 5 heteroatoms. The lowest BCUT2D eigenvalue weighted by Gasteiger charge is -2.35. The van der Waals surface area contributed by atoms with E-state index in [2.05, 4.69) is 10.2 Å². The van der Waals surface area contributed by atoms with Gasteiger partial charge in [-0.05, 0) is 24.6 Å². The second-order valence-corrected chi connectivity index (χ2v) is 4.92. The van der Waals surface area contributed by atoms with Crippen LogP contribution in [0, 0.1) is 0 Å².